The third-order valence-corrected chi connectivity index (χ3v) is 7.04. The van der Waals surface area contributed by atoms with Gasteiger partial charge in [-0.2, -0.15) is 4.31 Å². The molecule has 0 aromatic heterocycles. The number of piperidine rings is 1. The number of methoxy groups -OCH3 is 2. The Labute approximate surface area is 178 Å². The number of sulfonamides is 1. The van der Waals surface area contributed by atoms with Crippen molar-refractivity contribution >= 4 is 21.6 Å². The number of ether oxygens (including phenoxy) is 2. The van der Waals surface area contributed by atoms with E-state index < -0.39 is 10.0 Å². The van der Waals surface area contributed by atoms with Crippen LogP contribution in [0, 0.1) is 11.8 Å². The summed E-state index contributed by atoms with van der Waals surface area (Å²) in [6.45, 7) is 5.18. The number of amides is 1. The molecule has 162 valence electrons. The summed E-state index contributed by atoms with van der Waals surface area (Å²) in [5.74, 6) is 1.41. The van der Waals surface area contributed by atoms with Crippen LogP contribution in [-0.4, -0.2) is 45.9 Å². The van der Waals surface area contributed by atoms with E-state index in [2.05, 4.69) is 19.2 Å². The number of hydrogen-bond donors (Lipinski definition) is 1. The van der Waals surface area contributed by atoms with Crippen LogP contribution in [0.3, 0.4) is 0 Å². The quantitative estimate of drug-likeness (QED) is 0.754. The zero-order valence-electron chi connectivity index (χ0n) is 17.7. The van der Waals surface area contributed by atoms with Crippen LogP contribution in [0.5, 0.6) is 11.5 Å². The van der Waals surface area contributed by atoms with Crippen molar-refractivity contribution in [1.82, 2.24) is 4.31 Å². The minimum absolute atomic E-state index is 0.198. The fraction of sp³-hybridized carbons (Fsp3) is 0.409. The summed E-state index contributed by atoms with van der Waals surface area (Å²) in [6.07, 6.45) is 1.03. The topological polar surface area (TPSA) is 84.9 Å². The summed E-state index contributed by atoms with van der Waals surface area (Å²) in [7, 11) is -0.516. The van der Waals surface area contributed by atoms with Crippen molar-refractivity contribution in [3.63, 3.8) is 0 Å². The third kappa shape index (κ3) is 4.94. The average Bonchev–Trinajstić information content (AvgIpc) is 2.72. The molecule has 1 aliphatic heterocycles. The van der Waals surface area contributed by atoms with Crippen molar-refractivity contribution in [3.8, 4) is 11.5 Å². The summed E-state index contributed by atoms with van der Waals surface area (Å²) in [6, 6.07) is 11.1. The van der Waals surface area contributed by atoms with Gasteiger partial charge in [-0.25, -0.2) is 8.42 Å². The number of carbonyl (C=O) groups excluding carboxylic acids is 1. The zero-order chi connectivity index (χ0) is 21.9. The van der Waals surface area contributed by atoms with E-state index in [1.54, 1.807) is 22.5 Å². The highest BCUT2D eigenvalue weighted by Crippen LogP contribution is 2.28. The molecule has 0 spiro atoms. The number of nitrogens with one attached hydrogen (secondary N) is 1. The standard InChI is InChI=1S/C22H28N2O5S/c1-15-9-16(2)14-24(13-15)30(26,27)21-7-5-17(6-8-21)22(25)23-18-10-19(28-3)12-20(11-18)29-4/h5-8,10-12,15-16H,9,13-14H2,1-4H3,(H,23,25)/t15-,16+. The van der Waals surface area contributed by atoms with Crippen LogP contribution >= 0.6 is 0 Å². The number of anilines is 1. The molecule has 2 aromatic rings. The Morgan fingerprint density at radius 1 is 0.967 bits per heavy atom. The summed E-state index contributed by atoms with van der Waals surface area (Å²) >= 11 is 0. The predicted octanol–water partition coefficient (Wildman–Crippen LogP) is 3.62. The highest BCUT2D eigenvalue weighted by Gasteiger charge is 2.31. The SMILES string of the molecule is COc1cc(NC(=O)c2ccc(S(=O)(=O)N3C[C@H](C)C[C@H](C)C3)cc2)cc(OC)c1. The molecular formula is C22H28N2O5S. The Bertz CT molecular complexity index is 972. The van der Waals surface area contributed by atoms with Gasteiger partial charge in [-0.05, 0) is 42.5 Å². The fourth-order valence-corrected chi connectivity index (χ4v) is 5.49. The molecule has 8 heteroatoms. The monoisotopic (exact) mass is 432 g/mol. The number of hydrogen-bond acceptors (Lipinski definition) is 5. The van der Waals surface area contributed by atoms with E-state index in [1.165, 1.54) is 38.5 Å². The van der Waals surface area contributed by atoms with Gasteiger partial charge in [0, 0.05) is 42.5 Å². The second-order valence-corrected chi connectivity index (χ2v) is 9.79. The number of rotatable bonds is 6. The van der Waals surface area contributed by atoms with Gasteiger partial charge in [-0.3, -0.25) is 4.79 Å². The van der Waals surface area contributed by atoms with E-state index in [0.29, 0.717) is 47.7 Å². The molecule has 1 saturated heterocycles. The molecule has 7 nitrogen and oxygen atoms in total. The Hall–Kier alpha value is -2.58. The first-order valence-corrected chi connectivity index (χ1v) is 11.3. The fourth-order valence-electron chi connectivity index (χ4n) is 3.81. The number of benzene rings is 2. The Morgan fingerprint density at radius 3 is 2.00 bits per heavy atom. The zero-order valence-corrected chi connectivity index (χ0v) is 18.5. The smallest absolute Gasteiger partial charge is 0.255 e. The first-order valence-electron chi connectivity index (χ1n) is 9.87. The molecule has 0 unspecified atom stereocenters. The van der Waals surface area contributed by atoms with Crippen molar-refractivity contribution < 1.29 is 22.7 Å². The van der Waals surface area contributed by atoms with Crippen LogP contribution in [0.2, 0.25) is 0 Å². The Kier molecular flexibility index (Phi) is 6.67. The first-order chi connectivity index (χ1) is 14.2. The third-order valence-electron chi connectivity index (χ3n) is 5.20. The molecule has 1 fully saturated rings. The van der Waals surface area contributed by atoms with E-state index in [-0.39, 0.29) is 10.8 Å². The van der Waals surface area contributed by atoms with Gasteiger partial charge in [-0.1, -0.05) is 13.8 Å². The molecule has 0 aliphatic carbocycles. The highest BCUT2D eigenvalue weighted by molar-refractivity contribution is 7.89. The molecule has 0 radical (unpaired) electrons. The molecule has 3 rings (SSSR count). The minimum Gasteiger partial charge on any atom is -0.497 e. The molecule has 1 amide bonds. The van der Waals surface area contributed by atoms with E-state index in [1.807, 2.05) is 0 Å². The van der Waals surface area contributed by atoms with Gasteiger partial charge in [0.2, 0.25) is 10.0 Å². The second-order valence-electron chi connectivity index (χ2n) is 7.85. The molecular weight excluding hydrogens is 404 g/mol. The van der Waals surface area contributed by atoms with E-state index in [0.717, 1.165) is 6.42 Å². The molecule has 2 aromatic carbocycles. The van der Waals surface area contributed by atoms with Gasteiger partial charge in [-0.15, -0.1) is 0 Å². The summed E-state index contributed by atoms with van der Waals surface area (Å²) < 4.78 is 37.9. The molecule has 0 bridgehead atoms. The van der Waals surface area contributed by atoms with Crippen LogP contribution < -0.4 is 14.8 Å². The summed E-state index contributed by atoms with van der Waals surface area (Å²) in [4.78, 5) is 12.8. The maximum absolute atomic E-state index is 13.0. The molecule has 0 saturated carbocycles. The van der Waals surface area contributed by atoms with Gasteiger partial charge in [0.15, 0.2) is 0 Å². The second kappa shape index (κ2) is 9.06. The average molecular weight is 433 g/mol. The lowest BCUT2D eigenvalue weighted by Crippen LogP contribution is -2.42. The van der Waals surface area contributed by atoms with E-state index in [4.69, 9.17) is 9.47 Å². The van der Waals surface area contributed by atoms with Gasteiger partial charge in [0.05, 0.1) is 19.1 Å². The molecule has 30 heavy (non-hydrogen) atoms. The van der Waals surface area contributed by atoms with Gasteiger partial charge in [0.1, 0.15) is 11.5 Å². The lowest BCUT2D eigenvalue weighted by atomic mass is 9.94. The van der Waals surface area contributed by atoms with Crippen molar-refractivity contribution in [1.29, 1.82) is 0 Å². The van der Waals surface area contributed by atoms with Crippen molar-refractivity contribution in [2.24, 2.45) is 11.8 Å². The first kappa shape index (κ1) is 22.1. The lowest BCUT2D eigenvalue weighted by molar-refractivity contribution is 0.102. The molecule has 1 N–H and O–H groups in total. The minimum atomic E-state index is -3.58. The van der Waals surface area contributed by atoms with Crippen LogP contribution in [0.4, 0.5) is 5.69 Å². The molecule has 1 aliphatic rings. The summed E-state index contributed by atoms with van der Waals surface area (Å²) in [5.41, 5.74) is 0.875. The van der Waals surface area contributed by atoms with Gasteiger partial charge >= 0.3 is 0 Å². The van der Waals surface area contributed by atoms with Crippen molar-refractivity contribution in [2.45, 2.75) is 25.2 Å². The number of nitrogens with zero attached hydrogens (tertiary/aromatic N) is 1. The summed E-state index contributed by atoms with van der Waals surface area (Å²) in [5, 5.41) is 2.78. The normalized spacial score (nSPS) is 19.9. The van der Waals surface area contributed by atoms with Crippen LogP contribution in [0.15, 0.2) is 47.4 Å². The Balaban J connectivity index is 1.76. The Morgan fingerprint density at radius 2 is 1.50 bits per heavy atom. The maximum atomic E-state index is 13.0. The molecule has 1 heterocycles. The highest BCUT2D eigenvalue weighted by atomic mass is 32.2. The predicted molar refractivity (Wildman–Crippen MR) is 116 cm³/mol. The van der Waals surface area contributed by atoms with E-state index in [9.17, 15) is 13.2 Å². The van der Waals surface area contributed by atoms with E-state index >= 15 is 0 Å². The van der Waals surface area contributed by atoms with Gasteiger partial charge < -0.3 is 14.8 Å². The maximum Gasteiger partial charge on any atom is 0.255 e. The van der Waals surface area contributed by atoms with Crippen molar-refractivity contribution in [2.75, 3.05) is 32.6 Å². The van der Waals surface area contributed by atoms with Crippen LogP contribution in [-0.2, 0) is 10.0 Å². The number of carbonyl (C=O) groups is 1. The van der Waals surface area contributed by atoms with Crippen LogP contribution in [0.25, 0.3) is 0 Å². The largest absolute Gasteiger partial charge is 0.497 e. The molecule has 2 atom stereocenters. The lowest BCUT2D eigenvalue weighted by Gasteiger charge is -2.34. The van der Waals surface area contributed by atoms with Crippen molar-refractivity contribution in [3.05, 3.63) is 48.0 Å². The van der Waals surface area contributed by atoms with Crippen LogP contribution in [0.1, 0.15) is 30.6 Å². The van der Waals surface area contributed by atoms with Gasteiger partial charge in [0.25, 0.3) is 5.91 Å².